The first-order chi connectivity index (χ1) is 13.5. The number of piperidine rings is 1. The van der Waals surface area contributed by atoms with E-state index in [1.807, 2.05) is 44.2 Å². The minimum atomic E-state index is -1.86. The van der Waals surface area contributed by atoms with Crippen molar-refractivity contribution in [2.24, 2.45) is 0 Å². The molecule has 1 fully saturated rings. The minimum Gasteiger partial charge on any atom is -0.335 e. The van der Waals surface area contributed by atoms with Crippen molar-refractivity contribution in [3.63, 3.8) is 0 Å². The molecule has 28 heavy (non-hydrogen) atoms. The normalized spacial score (nSPS) is 19.8. The van der Waals surface area contributed by atoms with Crippen LogP contribution >= 0.6 is 0 Å². The zero-order valence-corrected chi connectivity index (χ0v) is 15.9. The summed E-state index contributed by atoms with van der Waals surface area (Å²) >= 11 is 0. The molecule has 0 spiro atoms. The van der Waals surface area contributed by atoms with E-state index < -0.39 is 5.67 Å². The Morgan fingerprint density at radius 2 is 2.11 bits per heavy atom. The number of benzene rings is 1. The molecular formula is C20H22FN5O2. The Bertz CT molecular complexity index is 984. The highest BCUT2D eigenvalue weighted by molar-refractivity contribution is 5.95. The van der Waals surface area contributed by atoms with Crippen LogP contribution in [-0.4, -0.2) is 43.8 Å². The highest BCUT2D eigenvalue weighted by atomic mass is 19.1. The van der Waals surface area contributed by atoms with E-state index >= 15 is 4.39 Å². The molecule has 0 radical (unpaired) electrons. The lowest BCUT2D eigenvalue weighted by atomic mass is 9.94. The van der Waals surface area contributed by atoms with Crippen molar-refractivity contribution in [2.75, 3.05) is 13.1 Å². The molecule has 0 bridgehead atoms. The Balaban J connectivity index is 1.56. The fourth-order valence-electron chi connectivity index (χ4n) is 3.61. The second-order valence-electron chi connectivity index (χ2n) is 7.04. The summed E-state index contributed by atoms with van der Waals surface area (Å²) in [6.07, 6.45) is 2.31. The summed E-state index contributed by atoms with van der Waals surface area (Å²) in [5, 5.41) is 8.14. The third kappa shape index (κ3) is 3.19. The lowest BCUT2D eigenvalue weighted by molar-refractivity contribution is 0.0152. The first-order valence-corrected chi connectivity index (χ1v) is 9.42. The van der Waals surface area contributed by atoms with Crippen LogP contribution in [0, 0.1) is 6.92 Å². The largest absolute Gasteiger partial charge is 0.335 e. The molecule has 1 amide bonds. The van der Waals surface area contributed by atoms with Gasteiger partial charge in [0.15, 0.2) is 0 Å². The Morgan fingerprint density at radius 3 is 2.82 bits per heavy atom. The van der Waals surface area contributed by atoms with Crippen LogP contribution in [0.15, 0.2) is 41.1 Å². The van der Waals surface area contributed by atoms with Crippen LogP contribution in [0.3, 0.4) is 0 Å². The van der Waals surface area contributed by atoms with Gasteiger partial charge in [-0.25, -0.2) is 4.39 Å². The van der Waals surface area contributed by atoms with Crippen LogP contribution in [0.1, 0.15) is 41.7 Å². The molecule has 8 heteroatoms. The lowest BCUT2D eigenvalue weighted by Gasteiger charge is -2.35. The number of carbonyl (C=O) groups is 1. The molecule has 0 saturated carbocycles. The van der Waals surface area contributed by atoms with Crippen molar-refractivity contribution in [1.82, 2.24) is 24.8 Å². The number of likely N-dealkylation sites (tertiary alicyclic amines) is 1. The van der Waals surface area contributed by atoms with Crippen molar-refractivity contribution in [2.45, 2.75) is 38.9 Å². The van der Waals surface area contributed by atoms with Gasteiger partial charge in [0.25, 0.3) is 11.8 Å². The summed E-state index contributed by atoms with van der Waals surface area (Å²) in [7, 11) is 0. The number of carbonyl (C=O) groups excluding carboxylic acids is 1. The fourth-order valence-corrected chi connectivity index (χ4v) is 3.61. The molecule has 1 atom stereocenters. The van der Waals surface area contributed by atoms with E-state index in [-0.39, 0.29) is 24.8 Å². The summed E-state index contributed by atoms with van der Waals surface area (Å²) in [6, 6.07) is 9.27. The molecule has 1 unspecified atom stereocenters. The van der Waals surface area contributed by atoms with Gasteiger partial charge in [0, 0.05) is 24.3 Å². The van der Waals surface area contributed by atoms with Crippen molar-refractivity contribution in [1.29, 1.82) is 0 Å². The quantitative estimate of drug-likeness (QED) is 0.690. The SMILES string of the molecule is CCn1ncc(C(=O)N2CCCC(F)(c3nc(-c4ccccc4)no3)C2)c1C. The number of hydrogen-bond acceptors (Lipinski definition) is 5. The van der Waals surface area contributed by atoms with E-state index in [0.29, 0.717) is 30.9 Å². The average Bonchev–Trinajstić information content (AvgIpc) is 3.35. The molecule has 4 rings (SSSR count). The van der Waals surface area contributed by atoms with Crippen molar-refractivity contribution in [3.8, 4) is 11.4 Å². The van der Waals surface area contributed by atoms with Gasteiger partial charge in [-0.2, -0.15) is 10.1 Å². The van der Waals surface area contributed by atoms with Crippen molar-refractivity contribution >= 4 is 5.91 Å². The number of aromatic nitrogens is 4. The van der Waals surface area contributed by atoms with Crippen LogP contribution in [-0.2, 0) is 12.2 Å². The number of halogens is 1. The Kier molecular flexibility index (Phi) is 4.70. The predicted octanol–water partition coefficient (Wildman–Crippen LogP) is 3.36. The Morgan fingerprint density at radius 1 is 1.32 bits per heavy atom. The van der Waals surface area contributed by atoms with E-state index in [0.717, 1.165) is 11.3 Å². The van der Waals surface area contributed by atoms with Gasteiger partial charge in [-0.05, 0) is 26.7 Å². The highest BCUT2D eigenvalue weighted by Gasteiger charge is 2.44. The van der Waals surface area contributed by atoms with Gasteiger partial charge in [-0.15, -0.1) is 0 Å². The summed E-state index contributed by atoms with van der Waals surface area (Å²) in [5.41, 5.74) is 0.184. The highest BCUT2D eigenvalue weighted by Crippen LogP contribution is 2.36. The van der Waals surface area contributed by atoms with E-state index in [1.165, 1.54) is 4.90 Å². The first kappa shape index (κ1) is 18.3. The van der Waals surface area contributed by atoms with Gasteiger partial charge < -0.3 is 9.42 Å². The number of hydrogen-bond donors (Lipinski definition) is 0. The Labute approximate surface area is 162 Å². The molecule has 1 aliphatic heterocycles. The molecule has 0 aliphatic carbocycles. The van der Waals surface area contributed by atoms with Crippen LogP contribution < -0.4 is 0 Å². The van der Waals surface area contributed by atoms with E-state index in [1.54, 1.807) is 10.9 Å². The van der Waals surface area contributed by atoms with Crippen LogP contribution in [0.4, 0.5) is 4.39 Å². The molecule has 1 saturated heterocycles. The number of aryl methyl sites for hydroxylation is 1. The predicted molar refractivity (Wildman–Crippen MR) is 100 cm³/mol. The summed E-state index contributed by atoms with van der Waals surface area (Å²) < 4.78 is 22.7. The van der Waals surface area contributed by atoms with Crippen LogP contribution in [0.2, 0.25) is 0 Å². The fraction of sp³-hybridized carbons (Fsp3) is 0.400. The van der Waals surface area contributed by atoms with Crippen molar-refractivity contribution in [3.05, 3.63) is 53.7 Å². The molecule has 0 N–H and O–H groups in total. The molecule has 1 aromatic carbocycles. The molecule has 7 nitrogen and oxygen atoms in total. The summed E-state index contributed by atoms with van der Waals surface area (Å²) in [5.74, 6) is 0.0442. The molecule has 1 aliphatic rings. The zero-order chi connectivity index (χ0) is 19.7. The third-order valence-electron chi connectivity index (χ3n) is 5.20. The smallest absolute Gasteiger partial charge is 0.266 e. The molecular weight excluding hydrogens is 361 g/mol. The van der Waals surface area contributed by atoms with E-state index in [2.05, 4.69) is 15.2 Å². The number of alkyl halides is 1. The second kappa shape index (κ2) is 7.18. The maximum atomic E-state index is 15.7. The summed E-state index contributed by atoms with van der Waals surface area (Å²) in [6.45, 7) is 4.86. The Hall–Kier alpha value is -3.03. The molecule has 3 aromatic rings. The van der Waals surface area contributed by atoms with Gasteiger partial charge >= 0.3 is 0 Å². The monoisotopic (exact) mass is 383 g/mol. The van der Waals surface area contributed by atoms with Gasteiger partial charge in [0.1, 0.15) is 0 Å². The van der Waals surface area contributed by atoms with Crippen LogP contribution in [0.5, 0.6) is 0 Å². The molecule has 2 aromatic heterocycles. The van der Waals surface area contributed by atoms with E-state index in [4.69, 9.17) is 4.52 Å². The van der Waals surface area contributed by atoms with Gasteiger partial charge in [0.05, 0.1) is 18.3 Å². The van der Waals surface area contributed by atoms with Gasteiger partial charge in [0.2, 0.25) is 11.5 Å². The van der Waals surface area contributed by atoms with Gasteiger partial charge in [-0.3, -0.25) is 9.48 Å². The van der Waals surface area contributed by atoms with Crippen LogP contribution in [0.25, 0.3) is 11.4 Å². The van der Waals surface area contributed by atoms with Crippen molar-refractivity contribution < 1.29 is 13.7 Å². The average molecular weight is 383 g/mol. The maximum absolute atomic E-state index is 15.7. The lowest BCUT2D eigenvalue weighted by Crippen LogP contribution is -2.46. The third-order valence-corrected chi connectivity index (χ3v) is 5.20. The second-order valence-corrected chi connectivity index (χ2v) is 7.04. The summed E-state index contributed by atoms with van der Waals surface area (Å²) in [4.78, 5) is 18.7. The molecule has 3 heterocycles. The van der Waals surface area contributed by atoms with E-state index in [9.17, 15) is 4.79 Å². The molecule has 146 valence electrons. The minimum absolute atomic E-state index is 0.0789. The maximum Gasteiger partial charge on any atom is 0.266 e. The van der Waals surface area contributed by atoms with Gasteiger partial charge in [-0.1, -0.05) is 35.5 Å². The zero-order valence-electron chi connectivity index (χ0n) is 15.9. The topological polar surface area (TPSA) is 77.1 Å². The number of nitrogens with zero attached hydrogens (tertiary/aromatic N) is 5. The standard InChI is InChI=1S/C20H22FN5O2/c1-3-26-14(2)16(12-22-26)18(27)25-11-7-10-20(21,13-25)19-23-17(24-28-19)15-8-5-4-6-9-15/h4-6,8-9,12H,3,7,10-11,13H2,1-2H3. The first-order valence-electron chi connectivity index (χ1n) is 9.42. The number of rotatable bonds is 4. The number of amides is 1.